The van der Waals surface area contributed by atoms with Gasteiger partial charge in [0.15, 0.2) is 0 Å². The predicted octanol–water partition coefficient (Wildman–Crippen LogP) is 2.65. The Hall–Kier alpha value is -1.55. The molecule has 1 saturated heterocycles. The second-order valence-electron chi connectivity index (χ2n) is 5.79. The predicted molar refractivity (Wildman–Crippen MR) is 84.4 cm³/mol. The summed E-state index contributed by atoms with van der Waals surface area (Å²) in [6.07, 6.45) is 4.02. The third-order valence-electron chi connectivity index (χ3n) is 4.23. The van der Waals surface area contributed by atoms with Crippen LogP contribution in [0.15, 0.2) is 24.3 Å². The van der Waals surface area contributed by atoms with Gasteiger partial charge in [-0.05, 0) is 62.9 Å². The first-order valence-corrected chi connectivity index (χ1v) is 7.83. The van der Waals surface area contributed by atoms with Crippen LogP contribution in [0.3, 0.4) is 0 Å². The van der Waals surface area contributed by atoms with Gasteiger partial charge < -0.3 is 15.4 Å². The lowest BCUT2D eigenvalue weighted by Gasteiger charge is -2.22. The highest BCUT2D eigenvalue weighted by Gasteiger charge is 2.15. The van der Waals surface area contributed by atoms with Crippen LogP contribution in [0.25, 0.3) is 0 Å². The van der Waals surface area contributed by atoms with E-state index in [0.717, 1.165) is 30.8 Å². The Balaban J connectivity index is 1.75. The van der Waals surface area contributed by atoms with Crippen LogP contribution >= 0.6 is 0 Å². The minimum Gasteiger partial charge on any atom is -0.497 e. The van der Waals surface area contributed by atoms with Crippen molar-refractivity contribution in [3.63, 3.8) is 0 Å². The van der Waals surface area contributed by atoms with Crippen molar-refractivity contribution in [3.8, 4) is 5.75 Å². The van der Waals surface area contributed by atoms with Gasteiger partial charge in [-0.2, -0.15) is 0 Å². The summed E-state index contributed by atoms with van der Waals surface area (Å²) in [6, 6.07) is 7.88. The number of hydrogen-bond acceptors (Lipinski definition) is 3. The highest BCUT2D eigenvalue weighted by Crippen LogP contribution is 2.19. The number of hydrogen-bond donors (Lipinski definition) is 2. The molecule has 1 aromatic rings. The van der Waals surface area contributed by atoms with E-state index in [1.54, 1.807) is 7.11 Å². The number of amides is 1. The van der Waals surface area contributed by atoms with E-state index in [2.05, 4.69) is 10.6 Å². The fraction of sp³-hybridized carbons (Fsp3) is 0.588. The van der Waals surface area contributed by atoms with Crippen molar-refractivity contribution in [2.45, 2.75) is 38.6 Å². The number of piperidine rings is 1. The van der Waals surface area contributed by atoms with Gasteiger partial charge in [-0.3, -0.25) is 4.79 Å². The summed E-state index contributed by atoms with van der Waals surface area (Å²) in [5.74, 6) is 1.69. The summed E-state index contributed by atoms with van der Waals surface area (Å²) in [7, 11) is 1.65. The minimum atomic E-state index is 0.0384. The van der Waals surface area contributed by atoms with Crippen LogP contribution in [-0.2, 0) is 4.79 Å². The van der Waals surface area contributed by atoms with E-state index in [0.29, 0.717) is 12.3 Å². The maximum atomic E-state index is 12.0. The lowest BCUT2D eigenvalue weighted by atomic mass is 9.93. The van der Waals surface area contributed by atoms with Crippen molar-refractivity contribution in [1.82, 2.24) is 10.6 Å². The van der Waals surface area contributed by atoms with Gasteiger partial charge in [-0.1, -0.05) is 12.1 Å². The van der Waals surface area contributed by atoms with Crippen LogP contribution in [0.1, 0.15) is 44.2 Å². The molecular formula is C17H26N2O2. The first-order chi connectivity index (χ1) is 10.2. The highest BCUT2D eigenvalue weighted by atomic mass is 16.5. The van der Waals surface area contributed by atoms with Gasteiger partial charge in [-0.25, -0.2) is 0 Å². The summed E-state index contributed by atoms with van der Waals surface area (Å²) >= 11 is 0. The molecule has 1 aromatic carbocycles. The number of rotatable bonds is 6. The fourth-order valence-electron chi connectivity index (χ4n) is 2.80. The minimum absolute atomic E-state index is 0.0384. The van der Waals surface area contributed by atoms with Gasteiger partial charge in [-0.15, -0.1) is 0 Å². The van der Waals surface area contributed by atoms with Crippen LogP contribution in [0.2, 0.25) is 0 Å². The largest absolute Gasteiger partial charge is 0.497 e. The quantitative estimate of drug-likeness (QED) is 0.847. The fourth-order valence-corrected chi connectivity index (χ4v) is 2.80. The van der Waals surface area contributed by atoms with E-state index < -0.39 is 0 Å². The third kappa shape index (κ3) is 5.05. The number of ether oxygens (including phenoxy) is 1. The third-order valence-corrected chi connectivity index (χ3v) is 4.23. The first-order valence-electron chi connectivity index (χ1n) is 7.83. The molecular weight excluding hydrogens is 264 g/mol. The van der Waals surface area contributed by atoms with E-state index in [1.165, 1.54) is 12.8 Å². The lowest BCUT2D eigenvalue weighted by Crippen LogP contribution is -2.30. The molecule has 0 radical (unpaired) electrons. The molecule has 1 atom stereocenters. The molecule has 21 heavy (non-hydrogen) atoms. The number of carbonyl (C=O) groups is 1. The topological polar surface area (TPSA) is 50.4 Å². The van der Waals surface area contributed by atoms with Crippen LogP contribution in [0.4, 0.5) is 0 Å². The maximum Gasteiger partial charge on any atom is 0.220 e. The Bertz CT molecular complexity index is 439. The van der Waals surface area contributed by atoms with Crippen LogP contribution in [0.5, 0.6) is 5.75 Å². The van der Waals surface area contributed by atoms with Crippen LogP contribution < -0.4 is 15.4 Å². The molecule has 4 heteroatoms. The van der Waals surface area contributed by atoms with Gasteiger partial charge in [0.1, 0.15) is 5.75 Å². The smallest absolute Gasteiger partial charge is 0.220 e. The van der Waals surface area contributed by atoms with Crippen molar-refractivity contribution >= 4 is 5.91 Å². The Morgan fingerprint density at radius 3 is 2.62 bits per heavy atom. The Kier molecular flexibility index (Phi) is 6.05. The maximum absolute atomic E-state index is 12.0. The lowest BCUT2D eigenvalue weighted by molar-refractivity contribution is -0.122. The van der Waals surface area contributed by atoms with Gasteiger partial charge in [0, 0.05) is 6.42 Å². The van der Waals surface area contributed by atoms with Gasteiger partial charge in [0.25, 0.3) is 0 Å². The summed E-state index contributed by atoms with van der Waals surface area (Å²) < 4.78 is 5.14. The molecule has 0 aliphatic carbocycles. The van der Waals surface area contributed by atoms with Crippen molar-refractivity contribution in [1.29, 1.82) is 0 Å². The van der Waals surface area contributed by atoms with Gasteiger partial charge in [0.2, 0.25) is 5.91 Å². The van der Waals surface area contributed by atoms with Crippen molar-refractivity contribution in [2.24, 2.45) is 5.92 Å². The van der Waals surface area contributed by atoms with E-state index in [4.69, 9.17) is 4.74 Å². The molecule has 0 spiro atoms. The second-order valence-corrected chi connectivity index (χ2v) is 5.79. The van der Waals surface area contributed by atoms with Crippen molar-refractivity contribution in [2.75, 3.05) is 20.2 Å². The van der Waals surface area contributed by atoms with Crippen molar-refractivity contribution < 1.29 is 9.53 Å². The molecule has 1 fully saturated rings. The molecule has 1 aliphatic heterocycles. The van der Waals surface area contributed by atoms with Crippen LogP contribution in [-0.4, -0.2) is 26.1 Å². The Labute approximate surface area is 127 Å². The zero-order chi connectivity index (χ0) is 15.1. The number of methoxy groups -OCH3 is 1. The molecule has 116 valence electrons. The van der Waals surface area contributed by atoms with Gasteiger partial charge >= 0.3 is 0 Å². The molecule has 2 N–H and O–H groups in total. The summed E-state index contributed by atoms with van der Waals surface area (Å²) in [5.41, 5.74) is 1.10. The number of benzene rings is 1. The molecule has 1 aliphatic rings. The molecule has 0 bridgehead atoms. The van der Waals surface area contributed by atoms with E-state index >= 15 is 0 Å². The molecule has 0 aromatic heterocycles. The molecule has 4 nitrogen and oxygen atoms in total. The number of carbonyl (C=O) groups excluding carboxylic acids is 1. The molecule has 0 saturated carbocycles. The van der Waals surface area contributed by atoms with E-state index in [1.807, 2.05) is 31.2 Å². The van der Waals surface area contributed by atoms with Gasteiger partial charge in [0.05, 0.1) is 13.2 Å². The van der Waals surface area contributed by atoms with Crippen molar-refractivity contribution in [3.05, 3.63) is 29.8 Å². The Morgan fingerprint density at radius 2 is 2.00 bits per heavy atom. The first kappa shape index (κ1) is 15.8. The molecule has 1 heterocycles. The summed E-state index contributed by atoms with van der Waals surface area (Å²) in [4.78, 5) is 12.0. The van der Waals surface area contributed by atoms with E-state index in [-0.39, 0.29) is 11.9 Å². The van der Waals surface area contributed by atoms with E-state index in [9.17, 15) is 4.79 Å². The molecule has 0 unspecified atom stereocenters. The zero-order valence-corrected chi connectivity index (χ0v) is 13.0. The standard InChI is InChI=1S/C17H26N2O2/c1-13(15-4-6-16(21-2)7-5-15)19-17(20)8-3-14-9-11-18-12-10-14/h4-7,13-14,18H,3,8-12H2,1-2H3,(H,19,20)/t13-/m1/s1. The summed E-state index contributed by atoms with van der Waals surface area (Å²) in [5, 5.41) is 6.43. The normalized spacial score (nSPS) is 17.2. The van der Waals surface area contributed by atoms with Crippen LogP contribution in [0, 0.1) is 5.92 Å². The average molecular weight is 290 g/mol. The molecule has 1 amide bonds. The summed E-state index contributed by atoms with van der Waals surface area (Å²) in [6.45, 7) is 4.20. The molecule has 2 rings (SSSR count). The monoisotopic (exact) mass is 290 g/mol. The Morgan fingerprint density at radius 1 is 1.33 bits per heavy atom. The SMILES string of the molecule is COc1ccc([C@@H](C)NC(=O)CCC2CCNCC2)cc1. The highest BCUT2D eigenvalue weighted by molar-refractivity contribution is 5.76. The second kappa shape index (κ2) is 8.03. The number of nitrogens with one attached hydrogen (secondary N) is 2. The zero-order valence-electron chi connectivity index (χ0n) is 13.0. The average Bonchev–Trinajstić information content (AvgIpc) is 2.54.